The monoisotopic (exact) mass is 426 g/mol. The summed E-state index contributed by atoms with van der Waals surface area (Å²) in [6.45, 7) is 0. The average molecular weight is 426 g/mol. The Morgan fingerprint density at radius 3 is 1.59 bits per heavy atom. The summed E-state index contributed by atoms with van der Waals surface area (Å²) in [6.07, 6.45) is -15.8. The number of ether oxygens (including phenoxy) is 7. The van der Waals surface area contributed by atoms with Crippen LogP contribution in [0.2, 0.25) is 0 Å². The van der Waals surface area contributed by atoms with Crippen LogP contribution in [0.3, 0.4) is 0 Å². The van der Waals surface area contributed by atoms with Crippen molar-refractivity contribution in [3.8, 4) is 0 Å². The zero-order chi connectivity index (χ0) is 21.9. The molecule has 0 aliphatic carbocycles. The van der Waals surface area contributed by atoms with Crippen LogP contribution in [0.5, 0.6) is 0 Å². The van der Waals surface area contributed by atoms with E-state index in [1.807, 2.05) is 0 Å². The van der Waals surface area contributed by atoms with Gasteiger partial charge in [-0.2, -0.15) is 0 Å². The fourth-order valence-corrected chi connectivity index (χ4v) is 3.16. The minimum atomic E-state index is -1.75. The summed E-state index contributed by atoms with van der Waals surface area (Å²) in [4.78, 5) is 24.0. The molecule has 0 amide bonds. The highest BCUT2D eigenvalue weighted by molar-refractivity contribution is 5.76. The van der Waals surface area contributed by atoms with E-state index in [2.05, 4.69) is 9.47 Å². The Kier molecular flexibility index (Phi) is 8.28. The van der Waals surface area contributed by atoms with Gasteiger partial charge in [0.15, 0.2) is 24.8 Å². The lowest BCUT2D eigenvalue weighted by molar-refractivity contribution is -0.349. The molecule has 0 spiro atoms. The van der Waals surface area contributed by atoms with E-state index >= 15 is 0 Å². The quantitative estimate of drug-likeness (QED) is 0.305. The van der Waals surface area contributed by atoms with E-state index in [1.165, 1.54) is 14.2 Å². The van der Waals surface area contributed by atoms with E-state index < -0.39 is 73.4 Å². The number of carbonyl (C=O) groups excluding carboxylic acids is 2. The van der Waals surface area contributed by atoms with Gasteiger partial charge >= 0.3 is 11.9 Å². The molecule has 29 heavy (non-hydrogen) atoms. The predicted molar refractivity (Wildman–Crippen MR) is 88.1 cm³/mol. The van der Waals surface area contributed by atoms with Gasteiger partial charge in [-0.1, -0.05) is 0 Å². The molecule has 168 valence electrons. The molecule has 2 aliphatic rings. The molecular weight excluding hydrogens is 400 g/mol. The molecule has 2 aliphatic heterocycles. The molecule has 0 radical (unpaired) electrons. The number of methoxy groups -OCH3 is 4. The molecule has 2 rings (SSSR count). The van der Waals surface area contributed by atoms with Crippen molar-refractivity contribution in [2.75, 3.05) is 28.4 Å². The van der Waals surface area contributed by atoms with Gasteiger partial charge in [0.25, 0.3) is 0 Å². The standard InChI is InChI=1S/C16H26O13/c1-23-9-5(17)8(20)16(29-11(9)13(21)24-2)27-10-6(18)7(19)15(26-4)28-12(10)14(22)25-3/h5-12,15-20H,1-4H3. The van der Waals surface area contributed by atoms with Gasteiger partial charge in [0, 0.05) is 14.2 Å². The lowest BCUT2D eigenvalue weighted by Gasteiger charge is -2.45. The zero-order valence-corrected chi connectivity index (χ0v) is 16.2. The van der Waals surface area contributed by atoms with E-state index in [1.54, 1.807) is 0 Å². The zero-order valence-electron chi connectivity index (χ0n) is 16.2. The van der Waals surface area contributed by atoms with Crippen molar-refractivity contribution in [3.63, 3.8) is 0 Å². The summed E-state index contributed by atoms with van der Waals surface area (Å²) in [5.74, 6) is -1.88. The van der Waals surface area contributed by atoms with E-state index in [-0.39, 0.29) is 0 Å². The molecule has 0 aromatic rings. The molecular formula is C16H26O13. The van der Waals surface area contributed by atoms with Crippen LogP contribution in [0.15, 0.2) is 0 Å². The first-order valence-electron chi connectivity index (χ1n) is 8.61. The first-order chi connectivity index (χ1) is 13.7. The summed E-state index contributed by atoms with van der Waals surface area (Å²) in [5.41, 5.74) is 0. The summed E-state index contributed by atoms with van der Waals surface area (Å²) in [7, 11) is 4.52. The molecule has 4 N–H and O–H groups in total. The molecule has 10 unspecified atom stereocenters. The Labute approximate surface area is 165 Å². The van der Waals surface area contributed by atoms with Gasteiger partial charge in [0.05, 0.1) is 14.2 Å². The fraction of sp³-hybridized carbons (Fsp3) is 0.875. The molecule has 0 aromatic heterocycles. The predicted octanol–water partition coefficient (Wildman–Crippen LogP) is -3.73. The molecule has 2 heterocycles. The number of rotatable bonds is 6. The molecule has 0 saturated carbocycles. The van der Waals surface area contributed by atoms with Crippen molar-refractivity contribution in [1.82, 2.24) is 0 Å². The van der Waals surface area contributed by atoms with Crippen molar-refractivity contribution >= 4 is 11.9 Å². The van der Waals surface area contributed by atoms with Gasteiger partial charge in [-0.25, -0.2) is 9.59 Å². The summed E-state index contributed by atoms with van der Waals surface area (Å²) < 4.78 is 35.2. The third-order valence-corrected chi connectivity index (χ3v) is 4.75. The van der Waals surface area contributed by atoms with Crippen LogP contribution in [0, 0.1) is 0 Å². The molecule has 0 aromatic carbocycles. The molecule has 13 heteroatoms. The van der Waals surface area contributed by atoms with Crippen molar-refractivity contribution in [3.05, 3.63) is 0 Å². The second-order valence-electron chi connectivity index (χ2n) is 6.40. The van der Waals surface area contributed by atoms with Gasteiger partial charge in [0.1, 0.15) is 36.6 Å². The number of esters is 2. The Hall–Kier alpha value is -1.42. The summed E-state index contributed by atoms with van der Waals surface area (Å²) in [6, 6.07) is 0. The topological polar surface area (TPSA) is 180 Å². The molecule has 10 atom stereocenters. The number of aliphatic hydroxyl groups is 4. The first-order valence-corrected chi connectivity index (χ1v) is 8.61. The molecule has 0 bridgehead atoms. The smallest absolute Gasteiger partial charge is 0.337 e. The van der Waals surface area contributed by atoms with Gasteiger partial charge < -0.3 is 53.6 Å². The van der Waals surface area contributed by atoms with Crippen LogP contribution >= 0.6 is 0 Å². The number of aliphatic hydroxyl groups excluding tert-OH is 4. The Bertz CT molecular complexity index is 571. The number of hydrogen-bond donors (Lipinski definition) is 4. The van der Waals surface area contributed by atoms with Crippen LogP contribution < -0.4 is 0 Å². The highest BCUT2D eigenvalue weighted by Crippen LogP contribution is 2.30. The Balaban J connectivity index is 2.27. The van der Waals surface area contributed by atoms with Crippen LogP contribution in [0.1, 0.15) is 0 Å². The Morgan fingerprint density at radius 2 is 1.10 bits per heavy atom. The molecule has 13 nitrogen and oxygen atoms in total. The average Bonchev–Trinajstić information content (AvgIpc) is 2.73. The summed E-state index contributed by atoms with van der Waals surface area (Å²) in [5, 5.41) is 41.1. The maximum atomic E-state index is 12.1. The van der Waals surface area contributed by atoms with Crippen LogP contribution in [-0.4, -0.2) is 122 Å². The maximum absolute atomic E-state index is 12.1. The normalized spacial score (nSPS) is 42.9. The number of carbonyl (C=O) groups is 2. The highest BCUT2D eigenvalue weighted by Gasteiger charge is 2.54. The van der Waals surface area contributed by atoms with Crippen LogP contribution in [0.25, 0.3) is 0 Å². The first kappa shape index (κ1) is 23.9. The lowest BCUT2D eigenvalue weighted by atomic mass is 9.96. The molecule has 2 fully saturated rings. The number of hydrogen-bond acceptors (Lipinski definition) is 13. The van der Waals surface area contributed by atoms with Crippen LogP contribution in [0.4, 0.5) is 0 Å². The van der Waals surface area contributed by atoms with Crippen molar-refractivity contribution < 1.29 is 63.2 Å². The Morgan fingerprint density at radius 1 is 0.655 bits per heavy atom. The molecule has 2 saturated heterocycles. The second-order valence-corrected chi connectivity index (χ2v) is 6.40. The van der Waals surface area contributed by atoms with Gasteiger partial charge in [-0.05, 0) is 0 Å². The largest absolute Gasteiger partial charge is 0.467 e. The maximum Gasteiger partial charge on any atom is 0.337 e. The van der Waals surface area contributed by atoms with Crippen molar-refractivity contribution in [2.45, 2.75) is 61.4 Å². The summed E-state index contributed by atoms with van der Waals surface area (Å²) >= 11 is 0. The third kappa shape index (κ3) is 4.68. The lowest BCUT2D eigenvalue weighted by Crippen LogP contribution is -2.66. The SMILES string of the molecule is COC(=O)C1OC(OC2C(C(=O)OC)OC(OC)C(O)C2O)C(O)C(O)C1OC. The van der Waals surface area contributed by atoms with Gasteiger partial charge in [-0.3, -0.25) is 0 Å². The minimum Gasteiger partial charge on any atom is -0.467 e. The van der Waals surface area contributed by atoms with Crippen molar-refractivity contribution in [1.29, 1.82) is 0 Å². The van der Waals surface area contributed by atoms with E-state index in [0.717, 1.165) is 14.2 Å². The highest BCUT2D eigenvalue weighted by atomic mass is 16.7. The van der Waals surface area contributed by atoms with E-state index in [0.29, 0.717) is 0 Å². The third-order valence-electron chi connectivity index (χ3n) is 4.75. The van der Waals surface area contributed by atoms with E-state index in [9.17, 15) is 30.0 Å². The fourth-order valence-electron chi connectivity index (χ4n) is 3.16. The minimum absolute atomic E-state index is 0.916. The van der Waals surface area contributed by atoms with E-state index in [4.69, 9.17) is 23.7 Å². The van der Waals surface area contributed by atoms with Crippen LogP contribution in [-0.2, 0) is 42.7 Å². The van der Waals surface area contributed by atoms with Gasteiger partial charge in [0.2, 0.25) is 0 Å². The van der Waals surface area contributed by atoms with Gasteiger partial charge in [-0.15, -0.1) is 0 Å². The second kappa shape index (κ2) is 10.1. The van der Waals surface area contributed by atoms with Crippen molar-refractivity contribution in [2.24, 2.45) is 0 Å².